The van der Waals surface area contributed by atoms with Gasteiger partial charge in [-0.05, 0) is 49.4 Å². The highest BCUT2D eigenvalue weighted by molar-refractivity contribution is 4.91. The second-order valence-electron chi connectivity index (χ2n) is 9.75. The fourth-order valence-electron chi connectivity index (χ4n) is 4.95. The van der Waals surface area contributed by atoms with Crippen LogP contribution in [0.25, 0.3) is 0 Å². The smallest absolute Gasteiger partial charge is 0.286 e. The second kappa shape index (κ2) is 8.68. The summed E-state index contributed by atoms with van der Waals surface area (Å²) in [6, 6.07) is 0. The first-order chi connectivity index (χ1) is 12.8. The van der Waals surface area contributed by atoms with Crippen LogP contribution in [0.15, 0.2) is 0 Å². The number of hydrogen-bond acceptors (Lipinski definition) is 5. The number of ether oxygens (including phenoxy) is 3. The van der Waals surface area contributed by atoms with Crippen molar-refractivity contribution in [3.8, 4) is 6.26 Å². The van der Waals surface area contributed by atoms with Crippen LogP contribution in [-0.4, -0.2) is 49.1 Å². The fourth-order valence-corrected chi connectivity index (χ4v) is 4.95. The minimum atomic E-state index is -0.304. The summed E-state index contributed by atoms with van der Waals surface area (Å²) in [7, 11) is 0. The molecule has 3 aliphatic rings. The lowest BCUT2D eigenvalue weighted by molar-refractivity contribution is -0.198. The fraction of sp³-hybridized carbons (Fsp3) is 0.955. The molecule has 0 aromatic heterocycles. The van der Waals surface area contributed by atoms with E-state index in [2.05, 4.69) is 32.6 Å². The number of piperidine rings is 1. The molecule has 0 aromatic rings. The van der Waals surface area contributed by atoms with Crippen LogP contribution in [0.4, 0.5) is 0 Å². The average molecular weight is 379 g/mol. The van der Waals surface area contributed by atoms with Gasteiger partial charge >= 0.3 is 0 Å². The van der Waals surface area contributed by atoms with Crippen molar-refractivity contribution in [2.24, 2.45) is 17.3 Å². The zero-order valence-electron chi connectivity index (χ0n) is 17.7. The Bertz CT molecular complexity index is 512. The van der Waals surface area contributed by atoms with Crippen molar-refractivity contribution in [2.45, 2.75) is 90.6 Å². The molecule has 0 N–H and O–H groups in total. The number of hydrogen-bond donors (Lipinski definition) is 0. The van der Waals surface area contributed by atoms with Gasteiger partial charge in [0.1, 0.15) is 6.10 Å². The summed E-state index contributed by atoms with van der Waals surface area (Å²) in [6.45, 7) is 13.3. The van der Waals surface area contributed by atoms with Crippen LogP contribution >= 0.6 is 0 Å². The van der Waals surface area contributed by atoms with Gasteiger partial charge in [-0.2, -0.15) is 5.26 Å². The van der Waals surface area contributed by atoms with Gasteiger partial charge in [-0.25, -0.2) is 0 Å². The number of nitrogens with zero attached hydrogens (tertiary/aromatic N) is 2. The van der Waals surface area contributed by atoms with Gasteiger partial charge in [0.05, 0.1) is 12.7 Å². The van der Waals surface area contributed by atoms with E-state index in [1.807, 2.05) is 6.26 Å². The van der Waals surface area contributed by atoms with Crippen LogP contribution < -0.4 is 0 Å². The van der Waals surface area contributed by atoms with Crippen molar-refractivity contribution in [3.05, 3.63) is 0 Å². The zero-order chi connectivity index (χ0) is 19.5. The molecule has 1 aliphatic carbocycles. The molecule has 2 saturated heterocycles. The van der Waals surface area contributed by atoms with Crippen molar-refractivity contribution < 1.29 is 14.2 Å². The van der Waals surface area contributed by atoms with Gasteiger partial charge in [-0.3, -0.25) is 0 Å². The first-order valence-corrected chi connectivity index (χ1v) is 10.9. The number of rotatable bonds is 6. The Morgan fingerprint density at radius 2 is 1.85 bits per heavy atom. The molecule has 2 aliphatic heterocycles. The molecular weight excluding hydrogens is 340 g/mol. The molecule has 0 bridgehead atoms. The first-order valence-electron chi connectivity index (χ1n) is 10.9. The molecule has 27 heavy (non-hydrogen) atoms. The molecule has 1 saturated carbocycles. The molecule has 0 aromatic carbocycles. The normalized spacial score (nSPS) is 33.5. The zero-order valence-corrected chi connectivity index (χ0v) is 17.7. The molecule has 5 nitrogen and oxygen atoms in total. The lowest BCUT2D eigenvalue weighted by Gasteiger charge is -2.44. The highest BCUT2D eigenvalue weighted by Gasteiger charge is 2.47. The highest BCUT2D eigenvalue weighted by atomic mass is 16.7. The van der Waals surface area contributed by atoms with Crippen LogP contribution in [0.1, 0.15) is 72.6 Å². The lowest BCUT2D eigenvalue weighted by Crippen LogP contribution is -2.41. The van der Waals surface area contributed by atoms with Crippen molar-refractivity contribution in [3.63, 3.8) is 0 Å². The highest BCUT2D eigenvalue weighted by Crippen LogP contribution is 2.48. The molecule has 3 rings (SSSR count). The molecule has 0 radical (unpaired) electrons. The minimum Gasteiger partial charge on any atom is -0.424 e. The van der Waals surface area contributed by atoms with E-state index < -0.39 is 0 Å². The maximum absolute atomic E-state index is 8.62. The molecule has 0 amide bonds. The summed E-state index contributed by atoms with van der Waals surface area (Å²) in [5.41, 5.74) is 0.390. The summed E-state index contributed by atoms with van der Waals surface area (Å²) in [5, 5.41) is 8.62. The molecule has 5 heteroatoms. The summed E-state index contributed by atoms with van der Waals surface area (Å²) in [6.07, 6.45) is 9.62. The van der Waals surface area contributed by atoms with Crippen molar-refractivity contribution in [1.29, 1.82) is 5.26 Å². The molecule has 2 heterocycles. The van der Waals surface area contributed by atoms with Gasteiger partial charge < -0.3 is 19.1 Å². The van der Waals surface area contributed by atoms with E-state index >= 15 is 0 Å². The SMILES string of the molecule is CC(C)C(C)(C)C1CCC2(CC1)OCC(CCN1CCC(OC#N)CC1)O2. The molecular formula is C22H38N2O3. The Morgan fingerprint density at radius 1 is 1.19 bits per heavy atom. The van der Waals surface area contributed by atoms with Crippen LogP contribution in [0.5, 0.6) is 0 Å². The molecule has 1 atom stereocenters. The van der Waals surface area contributed by atoms with E-state index in [4.69, 9.17) is 19.5 Å². The van der Waals surface area contributed by atoms with E-state index in [0.717, 1.165) is 64.3 Å². The van der Waals surface area contributed by atoms with E-state index in [0.29, 0.717) is 11.3 Å². The Kier molecular flexibility index (Phi) is 6.71. The third-order valence-electron chi connectivity index (χ3n) is 7.72. The average Bonchev–Trinajstić information content (AvgIpc) is 3.04. The standard InChI is InChI=1S/C22H38N2O3/c1-17(2)21(3,4)18-5-10-22(11-6-18)26-15-20(27-22)9-14-24-12-7-19(8-13-24)25-16-23/h17-20H,5-15H2,1-4H3. The number of likely N-dealkylation sites (tertiary alicyclic amines) is 1. The maximum Gasteiger partial charge on any atom is 0.286 e. The first kappa shape index (κ1) is 20.9. The predicted molar refractivity (Wildman–Crippen MR) is 105 cm³/mol. The van der Waals surface area contributed by atoms with Crippen LogP contribution in [-0.2, 0) is 14.2 Å². The van der Waals surface area contributed by atoms with Crippen LogP contribution in [0, 0.1) is 28.8 Å². The van der Waals surface area contributed by atoms with Gasteiger partial charge in [0.15, 0.2) is 5.79 Å². The van der Waals surface area contributed by atoms with Crippen LogP contribution in [0.2, 0.25) is 0 Å². The van der Waals surface area contributed by atoms with Crippen LogP contribution in [0.3, 0.4) is 0 Å². The van der Waals surface area contributed by atoms with E-state index in [9.17, 15) is 0 Å². The largest absolute Gasteiger partial charge is 0.424 e. The van der Waals surface area contributed by atoms with Gasteiger partial charge in [0.25, 0.3) is 6.26 Å². The Labute approximate surface area is 165 Å². The van der Waals surface area contributed by atoms with E-state index in [1.54, 1.807) is 0 Å². The Morgan fingerprint density at radius 3 is 2.44 bits per heavy atom. The van der Waals surface area contributed by atoms with Crippen molar-refractivity contribution in [2.75, 3.05) is 26.2 Å². The van der Waals surface area contributed by atoms with Crippen molar-refractivity contribution in [1.82, 2.24) is 4.90 Å². The molecule has 154 valence electrons. The maximum atomic E-state index is 8.62. The quantitative estimate of drug-likeness (QED) is 0.644. The predicted octanol–water partition coefficient (Wildman–Crippen LogP) is 4.32. The summed E-state index contributed by atoms with van der Waals surface area (Å²) < 4.78 is 17.7. The van der Waals surface area contributed by atoms with Gasteiger partial charge in [0.2, 0.25) is 0 Å². The van der Waals surface area contributed by atoms with E-state index in [1.165, 1.54) is 12.8 Å². The third kappa shape index (κ3) is 4.96. The second-order valence-corrected chi connectivity index (χ2v) is 9.75. The summed E-state index contributed by atoms with van der Waals surface area (Å²) in [5.74, 6) is 1.17. The minimum absolute atomic E-state index is 0.117. The van der Waals surface area contributed by atoms with E-state index in [-0.39, 0.29) is 18.0 Å². The van der Waals surface area contributed by atoms with Crippen molar-refractivity contribution >= 4 is 0 Å². The third-order valence-corrected chi connectivity index (χ3v) is 7.72. The van der Waals surface area contributed by atoms with Gasteiger partial charge in [0, 0.05) is 32.5 Å². The number of nitriles is 1. The van der Waals surface area contributed by atoms with Gasteiger partial charge in [-0.15, -0.1) is 0 Å². The lowest BCUT2D eigenvalue weighted by atomic mass is 9.64. The summed E-state index contributed by atoms with van der Waals surface area (Å²) >= 11 is 0. The van der Waals surface area contributed by atoms with Gasteiger partial charge in [-0.1, -0.05) is 27.7 Å². The summed E-state index contributed by atoms with van der Waals surface area (Å²) in [4.78, 5) is 2.47. The monoisotopic (exact) mass is 378 g/mol. The molecule has 3 fully saturated rings. The Balaban J connectivity index is 1.39. The Hall–Kier alpha value is -0.830. The molecule has 1 spiro atoms. The molecule has 1 unspecified atom stereocenters. The topological polar surface area (TPSA) is 54.7 Å².